The van der Waals surface area contributed by atoms with Crippen LogP contribution >= 0.6 is 0 Å². The maximum Gasteiger partial charge on any atom is 0.221 e. The summed E-state index contributed by atoms with van der Waals surface area (Å²) in [6.07, 6.45) is 0.942. The summed E-state index contributed by atoms with van der Waals surface area (Å²) in [5, 5.41) is 2.81. The second kappa shape index (κ2) is 11.2. The lowest BCUT2D eigenvalue weighted by Gasteiger charge is -2.08. The van der Waals surface area contributed by atoms with E-state index in [4.69, 9.17) is 0 Å². The summed E-state index contributed by atoms with van der Waals surface area (Å²) in [6, 6.07) is 6.06. The lowest BCUT2D eigenvalue weighted by Crippen LogP contribution is -2.07. The first-order valence-corrected chi connectivity index (χ1v) is 6.50. The first kappa shape index (κ1) is 18.1. The number of hydrogen-bond acceptors (Lipinski definition) is 1. The molecule has 0 saturated carbocycles. The van der Waals surface area contributed by atoms with Crippen LogP contribution in [0.15, 0.2) is 18.2 Å². The van der Waals surface area contributed by atoms with E-state index in [1.807, 2.05) is 39.8 Å². The first-order chi connectivity index (χ1) is 8.13. The first-order valence-electron chi connectivity index (χ1n) is 6.50. The Balaban J connectivity index is 0. The molecule has 98 valence electrons. The van der Waals surface area contributed by atoms with E-state index in [2.05, 4.69) is 25.2 Å². The second-order valence-corrected chi connectivity index (χ2v) is 3.20. The van der Waals surface area contributed by atoms with Crippen LogP contribution in [0, 0.1) is 6.92 Å². The highest BCUT2D eigenvalue weighted by molar-refractivity contribution is 5.89. The molecular formula is C15H27NO. The highest BCUT2D eigenvalue weighted by atomic mass is 16.1. The highest BCUT2D eigenvalue weighted by Crippen LogP contribution is 2.17. The number of amides is 1. The minimum atomic E-state index is -0.0152. The summed E-state index contributed by atoms with van der Waals surface area (Å²) in [7, 11) is 0. The van der Waals surface area contributed by atoms with Crippen molar-refractivity contribution in [1.82, 2.24) is 0 Å². The summed E-state index contributed by atoms with van der Waals surface area (Å²) < 4.78 is 0. The van der Waals surface area contributed by atoms with Crippen LogP contribution in [-0.2, 0) is 11.2 Å². The summed E-state index contributed by atoms with van der Waals surface area (Å²) >= 11 is 0. The molecule has 1 amide bonds. The van der Waals surface area contributed by atoms with Gasteiger partial charge in [-0.25, -0.2) is 0 Å². The minimum Gasteiger partial charge on any atom is -0.326 e. The Hall–Kier alpha value is -1.31. The molecule has 1 aromatic carbocycles. The standard InChI is InChI=1S/C11H15NO.2C2H6/c1-4-10-7-8(2)5-6-11(10)12-9(3)13;2*1-2/h5-7H,4H2,1-3H3,(H,12,13);2*1-2H3. The maximum absolute atomic E-state index is 10.9. The number of carbonyl (C=O) groups excluding carboxylic acids is 1. The molecule has 0 aliphatic rings. The summed E-state index contributed by atoms with van der Waals surface area (Å²) in [6.45, 7) is 13.7. The lowest BCUT2D eigenvalue weighted by molar-refractivity contribution is -0.114. The van der Waals surface area contributed by atoms with E-state index in [0.717, 1.165) is 12.1 Å². The SMILES string of the molecule is CC.CC.CCc1cc(C)ccc1NC(C)=O. The molecule has 0 saturated heterocycles. The summed E-state index contributed by atoms with van der Waals surface area (Å²) in [4.78, 5) is 10.9. The predicted octanol–water partition coefficient (Wildman–Crippen LogP) is 4.57. The molecule has 0 unspecified atom stereocenters. The van der Waals surface area contributed by atoms with Gasteiger partial charge in [-0.2, -0.15) is 0 Å². The Bertz CT molecular complexity index is 319. The van der Waals surface area contributed by atoms with Crippen LogP contribution in [-0.4, -0.2) is 5.91 Å². The van der Waals surface area contributed by atoms with Crippen molar-refractivity contribution < 1.29 is 4.79 Å². The van der Waals surface area contributed by atoms with Gasteiger partial charge in [0.15, 0.2) is 0 Å². The Morgan fingerprint density at radius 3 is 2.12 bits per heavy atom. The molecule has 1 rings (SSSR count). The number of aryl methyl sites for hydroxylation is 2. The van der Waals surface area contributed by atoms with Crippen molar-refractivity contribution in [1.29, 1.82) is 0 Å². The van der Waals surface area contributed by atoms with E-state index in [9.17, 15) is 4.79 Å². The van der Waals surface area contributed by atoms with Crippen LogP contribution in [0.5, 0.6) is 0 Å². The van der Waals surface area contributed by atoms with Gasteiger partial charge < -0.3 is 5.32 Å². The van der Waals surface area contributed by atoms with Crippen LogP contribution in [0.25, 0.3) is 0 Å². The van der Waals surface area contributed by atoms with Crippen molar-refractivity contribution in [3.05, 3.63) is 29.3 Å². The molecule has 0 aliphatic carbocycles. The van der Waals surface area contributed by atoms with Gasteiger partial charge in [-0.05, 0) is 25.0 Å². The van der Waals surface area contributed by atoms with Gasteiger partial charge in [-0.15, -0.1) is 0 Å². The topological polar surface area (TPSA) is 29.1 Å². The lowest BCUT2D eigenvalue weighted by atomic mass is 10.1. The molecule has 0 fully saturated rings. The zero-order valence-electron chi connectivity index (χ0n) is 12.3. The Morgan fingerprint density at radius 1 is 1.18 bits per heavy atom. The smallest absolute Gasteiger partial charge is 0.221 e. The molecule has 0 atom stereocenters. The summed E-state index contributed by atoms with van der Waals surface area (Å²) in [5.41, 5.74) is 3.35. The van der Waals surface area contributed by atoms with Gasteiger partial charge >= 0.3 is 0 Å². The molecule has 0 spiro atoms. The molecule has 0 aromatic heterocycles. The molecule has 17 heavy (non-hydrogen) atoms. The number of nitrogens with one attached hydrogen (secondary N) is 1. The van der Waals surface area contributed by atoms with Crippen molar-refractivity contribution in [3.63, 3.8) is 0 Å². The normalized spacial score (nSPS) is 8.18. The molecule has 2 heteroatoms. The molecule has 1 aromatic rings. The average Bonchev–Trinajstić information content (AvgIpc) is 2.36. The van der Waals surface area contributed by atoms with Gasteiger partial charge in [0.05, 0.1) is 0 Å². The van der Waals surface area contributed by atoms with Gasteiger partial charge in [0.25, 0.3) is 0 Å². The molecular weight excluding hydrogens is 210 g/mol. The Kier molecular flexibility index (Phi) is 11.9. The quantitative estimate of drug-likeness (QED) is 0.802. The monoisotopic (exact) mass is 237 g/mol. The number of benzene rings is 1. The van der Waals surface area contributed by atoms with Gasteiger partial charge in [0, 0.05) is 12.6 Å². The predicted molar refractivity (Wildman–Crippen MR) is 77.6 cm³/mol. The van der Waals surface area contributed by atoms with Crippen molar-refractivity contribution in [3.8, 4) is 0 Å². The fourth-order valence-electron chi connectivity index (χ4n) is 1.33. The van der Waals surface area contributed by atoms with E-state index in [1.54, 1.807) is 0 Å². The third-order valence-corrected chi connectivity index (χ3v) is 1.95. The molecule has 2 nitrogen and oxygen atoms in total. The molecule has 1 N–H and O–H groups in total. The highest BCUT2D eigenvalue weighted by Gasteiger charge is 2.01. The van der Waals surface area contributed by atoms with Crippen LogP contribution < -0.4 is 5.32 Å². The van der Waals surface area contributed by atoms with E-state index in [-0.39, 0.29) is 5.91 Å². The average molecular weight is 237 g/mol. The third kappa shape index (κ3) is 7.56. The van der Waals surface area contributed by atoms with Crippen molar-refractivity contribution in [2.24, 2.45) is 0 Å². The van der Waals surface area contributed by atoms with Crippen LogP contribution in [0.3, 0.4) is 0 Å². The zero-order valence-corrected chi connectivity index (χ0v) is 12.3. The van der Waals surface area contributed by atoms with Crippen LogP contribution in [0.4, 0.5) is 5.69 Å². The van der Waals surface area contributed by atoms with Crippen molar-refractivity contribution >= 4 is 11.6 Å². The van der Waals surface area contributed by atoms with E-state index in [1.165, 1.54) is 18.1 Å². The second-order valence-electron chi connectivity index (χ2n) is 3.20. The molecule has 0 aliphatic heterocycles. The summed E-state index contributed by atoms with van der Waals surface area (Å²) in [5.74, 6) is -0.0152. The van der Waals surface area contributed by atoms with Crippen LogP contribution in [0.2, 0.25) is 0 Å². The molecule has 0 heterocycles. The number of hydrogen-bond donors (Lipinski definition) is 1. The van der Waals surface area contributed by atoms with Gasteiger partial charge in [0.2, 0.25) is 5.91 Å². The van der Waals surface area contributed by atoms with Gasteiger partial charge in [-0.1, -0.05) is 52.3 Å². The van der Waals surface area contributed by atoms with Crippen LogP contribution in [0.1, 0.15) is 52.7 Å². The Morgan fingerprint density at radius 2 is 1.71 bits per heavy atom. The number of anilines is 1. The fraction of sp³-hybridized carbons (Fsp3) is 0.533. The third-order valence-electron chi connectivity index (χ3n) is 1.95. The number of rotatable bonds is 2. The van der Waals surface area contributed by atoms with Gasteiger partial charge in [0.1, 0.15) is 0 Å². The minimum absolute atomic E-state index is 0.0152. The molecule has 0 bridgehead atoms. The van der Waals surface area contributed by atoms with Gasteiger partial charge in [-0.3, -0.25) is 4.79 Å². The molecule has 0 radical (unpaired) electrons. The van der Waals surface area contributed by atoms with E-state index >= 15 is 0 Å². The van der Waals surface area contributed by atoms with Crippen molar-refractivity contribution in [2.45, 2.75) is 54.9 Å². The van der Waals surface area contributed by atoms with E-state index < -0.39 is 0 Å². The van der Waals surface area contributed by atoms with Crippen molar-refractivity contribution in [2.75, 3.05) is 5.32 Å². The fourth-order valence-corrected chi connectivity index (χ4v) is 1.33. The number of carbonyl (C=O) groups is 1. The zero-order chi connectivity index (χ0) is 13.8. The largest absolute Gasteiger partial charge is 0.326 e. The van der Waals surface area contributed by atoms with E-state index in [0.29, 0.717) is 0 Å². The Labute approximate surface area is 106 Å². The maximum atomic E-state index is 10.9.